The van der Waals surface area contributed by atoms with Crippen molar-refractivity contribution in [3.05, 3.63) is 0 Å². The third kappa shape index (κ3) is 1.10. The third-order valence-electron chi connectivity index (χ3n) is 4.03. The van der Waals surface area contributed by atoms with E-state index in [1.165, 1.54) is 0 Å². The van der Waals surface area contributed by atoms with Crippen LogP contribution in [-0.4, -0.2) is 5.78 Å². The van der Waals surface area contributed by atoms with E-state index < -0.39 is 0 Å². The van der Waals surface area contributed by atoms with Crippen molar-refractivity contribution in [2.24, 2.45) is 29.6 Å². The Hall–Kier alpha value is -0.840. The van der Waals surface area contributed by atoms with Crippen LogP contribution in [0.1, 0.15) is 26.7 Å². The molecule has 2 aliphatic carbocycles. The second-order valence-electron chi connectivity index (χ2n) is 4.63. The number of carbonyl (C=O) groups excluding carboxylic acids is 1. The van der Waals surface area contributed by atoms with Gasteiger partial charge in [0.1, 0.15) is 5.78 Å². The minimum atomic E-state index is 0.232. The molecule has 2 saturated carbocycles. The molecule has 0 aromatic heterocycles. The van der Waals surface area contributed by atoms with Gasteiger partial charge in [-0.2, -0.15) is 5.26 Å². The lowest BCUT2D eigenvalue weighted by molar-refractivity contribution is -0.123. The zero-order valence-corrected chi connectivity index (χ0v) is 8.16. The first kappa shape index (κ1) is 8.74. The average molecular weight is 177 g/mol. The first-order chi connectivity index (χ1) is 6.15. The zero-order valence-electron chi connectivity index (χ0n) is 8.16. The molecule has 0 aromatic rings. The second kappa shape index (κ2) is 2.83. The average Bonchev–Trinajstić information content (AvgIpc) is 2.59. The summed E-state index contributed by atoms with van der Waals surface area (Å²) in [5.74, 6) is 2.29. The van der Waals surface area contributed by atoms with E-state index in [1.54, 1.807) is 6.92 Å². The topological polar surface area (TPSA) is 40.9 Å². The first-order valence-electron chi connectivity index (χ1n) is 5.05. The molecule has 0 radical (unpaired) electrons. The number of fused-ring (bicyclic) bond motifs is 2. The van der Waals surface area contributed by atoms with Crippen LogP contribution in [0.3, 0.4) is 0 Å². The van der Waals surface area contributed by atoms with Crippen LogP contribution in [0.15, 0.2) is 0 Å². The van der Waals surface area contributed by atoms with E-state index in [4.69, 9.17) is 5.26 Å². The molecule has 0 heterocycles. The van der Waals surface area contributed by atoms with Crippen molar-refractivity contribution < 1.29 is 4.79 Å². The van der Waals surface area contributed by atoms with Gasteiger partial charge in [0.25, 0.3) is 0 Å². The van der Waals surface area contributed by atoms with Crippen LogP contribution in [0.25, 0.3) is 0 Å². The maximum atomic E-state index is 11.4. The smallest absolute Gasteiger partial charge is 0.133 e. The maximum absolute atomic E-state index is 11.4. The summed E-state index contributed by atoms with van der Waals surface area (Å²) in [6, 6.07) is 2.37. The van der Waals surface area contributed by atoms with Crippen LogP contribution in [0.5, 0.6) is 0 Å². The standard InChI is InChI=1S/C11H15NO/c1-6-10-4-8(3-9(10)5-12)11(6)7(2)13/h6,8-11H,3-4H2,1-2H3. The molecule has 0 N–H and O–H groups in total. The van der Waals surface area contributed by atoms with Crippen molar-refractivity contribution in [1.29, 1.82) is 5.26 Å². The van der Waals surface area contributed by atoms with Crippen molar-refractivity contribution in [3.63, 3.8) is 0 Å². The molecule has 2 rings (SSSR count). The van der Waals surface area contributed by atoms with E-state index in [0.29, 0.717) is 23.5 Å². The summed E-state index contributed by atoms with van der Waals surface area (Å²) < 4.78 is 0. The Morgan fingerprint density at radius 1 is 1.46 bits per heavy atom. The molecule has 0 spiro atoms. The highest BCUT2D eigenvalue weighted by Crippen LogP contribution is 2.55. The molecule has 2 fully saturated rings. The third-order valence-corrected chi connectivity index (χ3v) is 4.03. The molecule has 70 valence electrons. The normalized spacial score (nSPS) is 47.6. The molecular weight excluding hydrogens is 162 g/mol. The quantitative estimate of drug-likeness (QED) is 0.614. The molecule has 0 saturated heterocycles. The van der Waals surface area contributed by atoms with Crippen molar-refractivity contribution in [3.8, 4) is 6.07 Å². The van der Waals surface area contributed by atoms with Crippen molar-refractivity contribution in [1.82, 2.24) is 0 Å². The van der Waals surface area contributed by atoms with E-state index in [9.17, 15) is 4.79 Å². The van der Waals surface area contributed by atoms with E-state index in [-0.39, 0.29) is 11.8 Å². The number of hydrogen-bond donors (Lipinski definition) is 0. The van der Waals surface area contributed by atoms with Gasteiger partial charge in [-0.15, -0.1) is 0 Å². The molecule has 5 atom stereocenters. The zero-order chi connectivity index (χ0) is 9.59. The van der Waals surface area contributed by atoms with Crippen LogP contribution < -0.4 is 0 Å². The molecule has 2 nitrogen and oxygen atoms in total. The number of hydrogen-bond acceptors (Lipinski definition) is 2. The molecule has 0 amide bonds. The highest BCUT2D eigenvalue weighted by molar-refractivity contribution is 5.79. The van der Waals surface area contributed by atoms with Gasteiger partial charge >= 0.3 is 0 Å². The largest absolute Gasteiger partial charge is 0.300 e. The fraction of sp³-hybridized carbons (Fsp3) is 0.818. The van der Waals surface area contributed by atoms with Gasteiger partial charge in [-0.1, -0.05) is 6.92 Å². The number of carbonyl (C=O) groups is 1. The van der Waals surface area contributed by atoms with Crippen molar-refractivity contribution in [2.45, 2.75) is 26.7 Å². The lowest BCUT2D eigenvalue weighted by Gasteiger charge is -2.28. The first-order valence-corrected chi connectivity index (χ1v) is 5.05. The Bertz CT molecular complexity index is 276. The molecule has 0 aromatic carbocycles. The van der Waals surface area contributed by atoms with Gasteiger partial charge in [0.2, 0.25) is 0 Å². The highest BCUT2D eigenvalue weighted by atomic mass is 16.1. The molecule has 2 aliphatic rings. The summed E-state index contributed by atoms with van der Waals surface area (Å²) in [7, 11) is 0. The summed E-state index contributed by atoms with van der Waals surface area (Å²) >= 11 is 0. The van der Waals surface area contributed by atoms with E-state index in [0.717, 1.165) is 12.8 Å². The van der Waals surface area contributed by atoms with Crippen molar-refractivity contribution >= 4 is 5.78 Å². The Morgan fingerprint density at radius 3 is 2.62 bits per heavy atom. The number of Topliss-reactive ketones (excluding diaryl/α,β-unsaturated/α-hetero) is 1. The van der Waals surface area contributed by atoms with Crippen LogP contribution in [0, 0.1) is 40.9 Å². The molecule has 0 aliphatic heterocycles. The van der Waals surface area contributed by atoms with E-state index in [2.05, 4.69) is 13.0 Å². The monoisotopic (exact) mass is 177 g/mol. The van der Waals surface area contributed by atoms with E-state index in [1.807, 2.05) is 0 Å². The Morgan fingerprint density at radius 2 is 2.15 bits per heavy atom. The van der Waals surface area contributed by atoms with Gasteiger partial charge in [-0.25, -0.2) is 0 Å². The summed E-state index contributed by atoms with van der Waals surface area (Å²) in [6.07, 6.45) is 2.08. The predicted molar refractivity (Wildman–Crippen MR) is 48.7 cm³/mol. The highest BCUT2D eigenvalue weighted by Gasteiger charge is 2.52. The van der Waals surface area contributed by atoms with Gasteiger partial charge in [-0.3, -0.25) is 4.79 Å². The predicted octanol–water partition coefficient (Wildman–Crippen LogP) is 2.01. The number of nitriles is 1. The van der Waals surface area contributed by atoms with Gasteiger partial charge in [0.15, 0.2) is 0 Å². The Kier molecular flexibility index (Phi) is 1.91. The van der Waals surface area contributed by atoms with Gasteiger partial charge in [0, 0.05) is 11.8 Å². The minimum absolute atomic E-state index is 0.232. The van der Waals surface area contributed by atoms with Crippen molar-refractivity contribution in [2.75, 3.05) is 0 Å². The molecule has 2 heteroatoms. The number of ketones is 1. The van der Waals surface area contributed by atoms with E-state index >= 15 is 0 Å². The lowest BCUT2D eigenvalue weighted by atomic mass is 9.74. The van der Waals surface area contributed by atoms with Gasteiger partial charge in [0.05, 0.1) is 6.07 Å². The number of rotatable bonds is 1. The molecular formula is C11H15NO. The van der Waals surface area contributed by atoms with Gasteiger partial charge in [-0.05, 0) is 37.5 Å². The lowest BCUT2D eigenvalue weighted by Crippen LogP contribution is -2.29. The minimum Gasteiger partial charge on any atom is -0.300 e. The Labute approximate surface area is 78.9 Å². The van der Waals surface area contributed by atoms with Gasteiger partial charge < -0.3 is 0 Å². The summed E-state index contributed by atoms with van der Waals surface area (Å²) in [4.78, 5) is 11.4. The number of nitrogens with zero attached hydrogens (tertiary/aromatic N) is 1. The van der Waals surface area contributed by atoms with Crippen LogP contribution in [-0.2, 0) is 4.79 Å². The van der Waals surface area contributed by atoms with Crippen LogP contribution in [0.4, 0.5) is 0 Å². The summed E-state index contributed by atoms with van der Waals surface area (Å²) in [5.41, 5.74) is 0. The SMILES string of the molecule is CC(=O)C1C2CC(C#N)C(C2)C1C. The maximum Gasteiger partial charge on any atom is 0.133 e. The molecule has 2 bridgehead atoms. The van der Waals surface area contributed by atoms with Crippen LogP contribution in [0.2, 0.25) is 0 Å². The summed E-state index contributed by atoms with van der Waals surface area (Å²) in [6.45, 7) is 3.84. The molecule has 5 unspecified atom stereocenters. The Balaban J connectivity index is 2.19. The summed E-state index contributed by atoms with van der Waals surface area (Å²) in [5, 5.41) is 8.90. The fourth-order valence-electron chi connectivity index (χ4n) is 3.53. The fourth-order valence-corrected chi connectivity index (χ4v) is 3.53. The molecule has 13 heavy (non-hydrogen) atoms. The van der Waals surface area contributed by atoms with Crippen LogP contribution >= 0.6 is 0 Å². The second-order valence-corrected chi connectivity index (χ2v) is 4.63.